The fourth-order valence-electron chi connectivity index (χ4n) is 7.98. The van der Waals surface area contributed by atoms with Gasteiger partial charge in [-0.2, -0.15) is 0 Å². The van der Waals surface area contributed by atoms with Crippen molar-refractivity contribution in [1.82, 2.24) is 0 Å². The van der Waals surface area contributed by atoms with Crippen LogP contribution >= 0.6 is 0 Å². The van der Waals surface area contributed by atoms with Crippen molar-refractivity contribution in [3.8, 4) is 22.3 Å². The molecule has 0 heterocycles. The van der Waals surface area contributed by atoms with E-state index in [1.54, 1.807) is 0 Å². The number of nitrogens with zero attached hydrogens (tertiary/aromatic N) is 1. The van der Waals surface area contributed by atoms with E-state index in [9.17, 15) is 0 Å². The first-order valence-corrected chi connectivity index (χ1v) is 18.2. The Hall–Kier alpha value is -6.18. The monoisotopic (exact) mass is 669 g/mol. The van der Waals surface area contributed by atoms with Gasteiger partial charge in [0.15, 0.2) is 0 Å². The van der Waals surface area contributed by atoms with Gasteiger partial charge in [-0.05, 0) is 102 Å². The van der Waals surface area contributed by atoms with Crippen LogP contribution in [0.3, 0.4) is 0 Å². The molecule has 52 heavy (non-hydrogen) atoms. The Morgan fingerprint density at radius 2 is 1.02 bits per heavy atom. The van der Waals surface area contributed by atoms with Gasteiger partial charge in [-0.1, -0.05) is 175 Å². The number of benzene rings is 7. The standard InChI is InChI=1S/C51H43N/c1-36-23-29-42(30-24-36)51(43-31-25-37(2)26-32-43)48-21-13-11-20-46(48)47-34-33-44(35-49(47)51)52(39(4)28-27-38(3)40-15-7-5-8-16-40)50-22-14-12-19-45(50)41-17-9-6-10-18-41/h5-35H,1-4H3/b38-27+,39-28+. The summed E-state index contributed by atoms with van der Waals surface area (Å²) in [4.78, 5) is 2.44. The second-order valence-corrected chi connectivity index (χ2v) is 14.0. The van der Waals surface area contributed by atoms with Gasteiger partial charge in [0.1, 0.15) is 0 Å². The third kappa shape index (κ3) is 5.79. The lowest BCUT2D eigenvalue weighted by Crippen LogP contribution is -2.29. The first kappa shape index (κ1) is 33.0. The molecule has 0 unspecified atom stereocenters. The van der Waals surface area contributed by atoms with Gasteiger partial charge in [0.05, 0.1) is 11.1 Å². The molecule has 8 rings (SSSR count). The van der Waals surface area contributed by atoms with Crippen molar-refractivity contribution < 1.29 is 0 Å². The van der Waals surface area contributed by atoms with Crippen LogP contribution in [0.4, 0.5) is 11.4 Å². The second kappa shape index (κ2) is 13.9. The molecule has 0 fully saturated rings. The van der Waals surface area contributed by atoms with Gasteiger partial charge in [0.2, 0.25) is 0 Å². The molecule has 0 aromatic heterocycles. The van der Waals surface area contributed by atoms with Crippen LogP contribution in [0.15, 0.2) is 194 Å². The lowest BCUT2D eigenvalue weighted by Gasteiger charge is -2.35. The average Bonchev–Trinajstić information content (AvgIpc) is 3.49. The molecule has 0 bridgehead atoms. The van der Waals surface area contributed by atoms with Crippen molar-refractivity contribution in [2.45, 2.75) is 33.1 Å². The molecule has 0 radical (unpaired) electrons. The average molecular weight is 670 g/mol. The van der Waals surface area contributed by atoms with E-state index >= 15 is 0 Å². The van der Waals surface area contributed by atoms with Crippen LogP contribution in [-0.4, -0.2) is 0 Å². The summed E-state index contributed by atoms with van der Waals surface area (Å²) in [7, 11) is 0. The van der Waals surface area contributed by atoms with E-state index in [2.05, 4.69) is 221 Å². The molecular formula is C51H43N. The number of hydrogen-bond donors (Lipinski definition) is 0. The maximum atomic E-state index is 2.46. The minimum absolute atomic E-state index is 0.491. The molecular weight excluding hydrogens is 627 g/mol. The molecule has 1 heteroatoms. The van der Waals surface area contributed by atoms with Crippen molar-refractivity contribution in [2.75, 3.05) is 4.90 Å². The fraction of sp³-hybridized carbons (Fsp3) is 0.0980. The summed E-state index contributed by atoms with van der Waals surface area (Å²) < 4.78 is 0. The Morgan fingerprint density at radius 3 is 1.67 bits per heavy atom. The number of anilines is 2. The van der Waals surface area contributed by atoms with Crippen molar-refractivity contribution in [3.63, 3.8) is 0 Å². The van der Waals surface area contributed by atoms with Gasteiger partial charge in [-0.15, -0.1) is 0 Å². The zero-order chi connectivity index (χ0) is 35.7. The van der Waals surface area contributed by atoms with E-state index in [1.807, 2.05) is 0 Å². The summed E-state index contributed by atoms with van der Waals surface area (Å²) in [5, 5.41) is 0. The van der Waals surface area contributed by atoms with Crippen molar-refractivity contribution in [3.05, 3.63) is 233 Å². The molecule has 1 nitrogen and oxygen atoms in total. The van der Waals surface area contributed by atoms with E-state index in [0.717, 1.165) is 17.1 Å². The predicted molar refractivity (Wildman–Crippen MR) is 221 cm³/mol. The zero-order valence-electron chi connectivity index (χ0n) is 30.3. The van der Waals surface area contributed by atoms with Crippen molar-refractivity contribution >= 4 is 16.9 Å². The highest BCUT2D eigenvalue weighted by molar-refractivity contribution is 5.90. The number of fused-ring (bicyclic) bond motifs is 3. The van der Waals surface area contributed by atoms with Crippen molar-refractivity contribution in [2.24, 2.45) is 0 Å². The summed E-state index contributed by atoms with van der Waals surface area (Å²) in [6.45, 7) is 8.75. The first-order chi connectivity index (χ1) is 25.4. The topological polar surface area (TPSA) is 3.24 Å². The Morgan fingerprint density at radius 1 is 0.481 bits per heavy atom. The predicted octanol–water partition coefficient (Wildman–Crippen LogP) is 13.5. The third-order valence-corrected chi connectivity index (χ3v) is 10.6. The number of para-hydroxylation sites is 1. The molecule has 1 aliphatic carbocycles. The molecule has 0 saturated heterocycles. The highest BCUT2D eigenvalue weighted by Crippen LogP contribution is 2.57. The summed E-state index contributed by atoms with van der Waals surface area (Å²) >= 11 is 0. The van der Waals surface area contributed by atoms with Gasteiger partial charge >= 0.3 is 0 Å². The van der Waals surface area contributed by atoms with Crippen LogP contribution < -0.4 is 4.90 Å². The van der Waals surface area contributed by atoms with Crippen LogP contribution in [0.25, 0.3) is 27.8 Å². The molecule has 0 atom stereocenters. The fourth-order valence-corrected chi connectivity index (χ4v) is 7.98. The summed E-state index contributed by atoms with van der Waals surface area (Å²) in [5.74, 6) is 0. The lowest BCUT2D eigenvalue weighted by atomic mass is 9.67. The molecule has 7 aromatic carbocycles. The van der Waals surface area contributed by atoms with Gasteiger partial charge in [0, 0.05) is 16.9 Å². The normalized spacial score (nSPS) is 13.4. The Bertz CT molecular complexity index is 2370. The smallest absolute Gasteiger partial charge is 0.0714 e. The summed E-state index contributed by atoms with van der Waals surface area (Å²) in [6.07, 6.45) is 4.51. The third-order valence-electron chi connectivity index (χ3n) is 10.6. The molecule has 0 saturated carbocycles. The van der Waals surface area contributed by atoms with E-state index < -0.39 is 5.41 Å². The molecule has 0 spiro atoms. The number of rotatable bonds is 8. The van der Waals surface area contributed by atoms with Crippen molar-refractivity contribution in [1.29, 1.82) is 0 Å². The Labute approximate surface area is 308 Å². The van der Waals surface area contributed by atoms with Crippen LogP contribution in [-0.2, 0) is 5.41 Å². The van der Waals surface area contributed by atoms with E-state index in [1.165, 1.54) is 66.8 Å². The molecule has 7 aromatic rings. The van der Waals surface area contributed by atoms with Crippen LogP contribution in [0.2, 0.25) is 0 Å². The number of allylic oxidation sites excluding steroid dienone is 4. The van der Waals surface area contributed by atoms with Gasteiger partial charge in [-0.3, -0.25) is 0 Å². The van der Waals surface area contributed by atoms with Gasteiger partial charge in [0.25, 0.3) is 0 Å². The number of hydrogen-bond acceptors (Lipinski definition) is 1. The highest BCUT2D eigenvalue weighted by atomic mass is 15.1. The minimum atomic E-state index is -0.491. The van der Waals surface area contributed by atoms with E-state index in [4.69, 9.17) is 0 Å². The molecule has 252 valence electrons. The first-order valence-electron chi connectivity index (χ1n) is 18.2. The van der Waals surface area contributed by atoms with E-state index in [-0.39, 0.29) is 0 Å². The molecule has 0 aliphatic heterocycles. The summed E-state index contributed by atoms with van der Waals surface area (Å²) in [5.41, 5.74) is 18.0. The van der Waals surface area contributed by atoms with Crippen LogP contribution in [0.5, 0.6) is 0 Å². The second-order valence-electron chi connectivity index (χ2n) is 14.0. The quantitative estimate of drug-likeness (QED) is 0.146. The lowest BCUT2D eigenvalue weighted by molar-refractivity contribution is 0.767. The zero-order valence-corrected chi connectivity index (χ0v) is 30.3. The van der Waals surface area contributed by atoms with Crippen LogP contribution in [0, 0.1) is 13.8 Å². The largest absolute Gasteiger partial charge is 0.314 e. The Kier molecular flexibility index (Phi) is 8.79. The van der Waals surface area contributed by atoms with E-state index in [0.29, 0.717) is 0 Å². The summed E-state index contributed by atoms with van der Waals surface area (Å²) in [6, 6.07) is 64.6. The maximum absolute atomic E-state index is 2.46. The highest BCUT2D eigenvalue weighted by Gasteiger charge is 2.46. The van der Waals surface area contributed by atoms with Gasteiger partial charge in [-0.25, -0.2) is 0 Å². The molecule has 1 aliphatic rings. The minimum Gasteiger partial charge on any atom is -0.314 e. The number of aryl methyl sites for hydroxylation is 2. The maximum Gasteiger partial charge on any atom is 0.0714 e. The Balaban J connectivity index is 1.39. The van der Waals surface area contributed by atoms with Gasteiger partial charge < -0.3 is 4.90 Å². The molecule has 0 N–H and O–H groups in total. The molecule has 0 amide bonds. The SMILES string of the molecule is C/C(=C\C=C(/C)N(c1ccc2c(c1)C(c1ccc(C)cc1)(c1ccc(C)cc1)c1ccccc1-2)c1ccccc1-c1ccccc1)c1ccccc1. The van der Waals surface area contributed by atoms with Crippen LogP contribution in [0.1, 0.15) is 52.8 Å².